The molecule has 1 unspecified atom stereocenters. The second-order valence-corrected chi connectivity index (χ2v) is 7.53. The zero-order chi connectivity index (χ0) is 15.6. The molecule has 0 spiro atoms. The molecule has 8 heteroatoms. The third-order valence-electron chi connectivity index (χ3n) is 3.02. The van der Waals surface area contributed by atoms with Crippen molar-refractivity contribution in [2.24, 2.45) is 5.73 Å². The first-order chi connectivity index (χ1) is 9.90. The van der Waals surface area contributed by atoms with E-state index < -0.39 is 0 Å². The molecule has 0 saturated carbocycles. The molecule has 1 atom stereocenters. The number of hydrogen-bond donors (Lipinski definition) is 1. The van der Waals surface area contributed by atoms with Gasteiger partial charge in [0.25, 0.3) is 0 Å². The molecule has 0 aromatic carbocycles. The maximum absolute atomic E-state index is 6.41. The monoisotopic (exact) mass is 479 g/mol. The van der Waals surface area contributed by atoms with E-state index in [-0.39, 0.29) is 6.04 Å². The summed E-state index contributed by atoms with van der Waals surface area (Å²) in [7, 11) is 4.07. The Morgan fingerprint density at radius 2 is 1.95 bits per heavy atom. The van der Waals surface area contributed by atoms with E-state index in [4.69, 9.17) is 5.73 Å². The van der Waals surface area contributed by atoms with Crippen LogP contribution in [0.15, 0.2) is 31.9 Å². The summed E-state index contributed by atoms with van der Waals surface area (Å²) in [6.45, 7) is 1.67. The first-order valence-electron chi connectivity index (χ1n) is 6.32. The van der Waals surface area contributed by atoms with E-state index in [1.54, 1.807) is 12.4 Å². The molecular formula is C13H16Br3N5. The maximum atomic E-state index is 6.41. The summed E-state index contributed by atoms with van der Waals surface area (Å²) in [6.07, 6.45) is 3.52. The highest BCUT2D eigenvalue weighted by Crippen LogP contribution is 2.30. The third kappa shape index (κ3) is 4.13. The highest BCUT2D eigenvalue weighted by atomic mass is 79.9. The predicted octanol–water partition coefficient (Wildman–Crippen LogP) is 3.18. The van der Waals surface area contributed by atoms with Crippen molar-refractivity contribution in [2.75, 3.05) is 20.6 Å². The number of rotatable bonds is 5. The van der Waals surface area contributed by atoms with Crippen LogP contribution in [0.3, 0.4) is 0 Å². The molecule has 0 saturated heterocycles. The van der Waals surface area contributed by atoms with E-state index in [9.17, 15) is 0 Å². The van der Waals surface area contributed by atoms with Gasteiger partial charge in [0.15, 0.2) is 0 Å². The van der Waals surface area contributed by atoms with Crippen LogP contribution in [-0.4, -0.2) is 40.3 Å². The molecule has 0 bridgehead atoms. The fourth-order valence-electron chi connectivity index (χ4n) is 1.94. The van der Waals surface area contributed by atoms with Gasteiger partial charge in [-0.05, 0) is 68.0 Å². The van der Waals surface area contributed by atoms with Crippen LogP contribution >= 0.6 is 47.8 Å². The molecule has 21 heavy (non-hydrogen) atoms. The Hall–Kier alpha value is -0.280. The fraction of sp³-hybridized carbons (Fsp3) is 0.385. The minimum Gasteiger partial charge on any atom is -0.318 e. The van der Waals surface area contributed by atoms with Gasteiger partial charge in [-0.15, -0.1) is 0 Å². The van der Waals surface area contributed by atoms with E-state index >= 15 is 0 Å². The van der Waals surface area contributed by atoms with Gasteiger partial charge in [-0.2, -0.15) is 5.10 Å². The molecule has 0 aliphatic rings. The summed E-state index contributed by atoms with van der Waals surface area (Å²) in [4.78, 5) is 6.53. The molecule has 2 aromatic heterocycles. The number of nitrogens with two attached hydrogens (primary N) is 1. The predicted molar refractivity (Wildman–Crippen MR) is 94.1 cm³/mol. The highest BCUT2D eigenvalue weighted by Gasteiger charge is 2.21. The quantitative estimate of drug-likeness (QED) is 0.712. The average Bonchev–Trinajstić information content (AvgIpc) is 2.77. The number of aromatic nitrogens is 3. The number of likely N-dealkylation sites (N-methyl/N-ethyl adjacent to an activating group) is 1. The first-order valence-corrected chi connectivity index (χ1v) is 8.70. The fourth-order valence-corrected chi connectivity index (χ4v) is 3.71. The van der Waals surface area contributed by atoms with E-state index in [1.165, 1.54) is 0 Å². The highest BCUT2D eigenvalue weighted by molar-refractivity contribution is 9.11. The lowest BCUT2D eigenvalue weighted by Gasteiger charge is -2.17. The van der Waals surface area contributed by atoms with Gasteiger partial charge >= 0.3 is 0 Å². The minimum atomic E-state index is -0.355. The number of pyridine rings is 1. The van der Waals surface area contributed by atoms with E-state index in [2.05, 4.69) is 62.8 Å². The van der Waals surface area contributed by atoms with Crippen molar-refractivity contribution in [1.82, 2.24) is 19.7 Å². The first kappa shape index (κ1) is 17.1. The average molecular weight is 482 g/mol. The van der Waals surface area contributed by atoms with Gasteiger partial charge in [0.1, 0.15) is 0 Å². The summed E-state index contributed by atoms with van der Waals surface area (Å²) in [5.41, 5.74) is 8.11. The summed E-state index contributed by atoms with van der Waals surface area (Å²) in [6, 6.07) is 1.59. The molecule has 0 aliphatic heterocycles. The standard InChI is InChI=1S/C13H16Br3N5/c1-20(2)3-4-21-13(10(16)7-19-21)11(17)12-9(15)5-8(14)6-18-12/h5-7,11H,3-4,17H2,1-2H3. The minimum absolute atomic E-state index is 0.355. The van der Waals surface area contributed by atoms with Crippen LogP contribution in [0.5, 0.6) is 0 Å². The smallest absolute Gasteiger partial charge is 0.0920 e. The van der Waals surface area contributed by atoms with Crippen LogP contribution in [0.2, 0.25) is 0 Å². The second-order valence-electron chi connectivity index (χ2n) is 4.90. The zero-order valence-electron chi connectivity index (χ0n) is 11.7. The van der Waals surface area contributed by atoms with Crippen molar-refractivity contribution in [2.45, 2.75) is 12.6 Å². The molecule has 2 aromatic rings. The van der Waals surface area contributed by atoms with E-state index in [1.807, 2.05) is 24.8 Å². The molecule has 0 fully saturated rings. The molecule has 2 N–H and O–H groups in total. The van der Waals surface area contributed by atoms with Crippen molar-refractivity contribution in [3.05, 3.63) is 43.3 Å². The van der Waals surface area contributed by atoms with Crippen LogP contribution in [0.4, 0.5) is 0 Å². The Labute approximate surface area is 149 Å². The van der Waals surface area contributed by atoms with Crippen molar-refractivity contribution in [1.29, 1.82) is 0 Å². The Kier molecular flexibility index (Phi) is 5.96. The summed E-state index contributed by atoms with van der Waals surface area (Å²) < 4.78 is 4.60. The largest absolute Gasteiger partial charge is 0.318 e. The summed E-state index contributed by atoms with van der Waals surface area (Å²) in [5.74, 6) is 0. The summed E-state index contributed by atoms with van der Waals surface area (Å²) in [5, 5.41) is 4.39. The topological polar surface area (TPSA) is 60.0 Å². The zero-order valence-corrected chi connectivity index (χ0v) is 16.5. The van der Waals surface area contributed by atoms with Gasteiger partial charge in [-0.25, -0.2) is 0 Å². The van der Waals surface area contributed by atoms with Crippen LogP contribution < -0.4 is 5.73 Å². The summed E-state index contributed by atoms with van der Waals surface area (Å²) >= 11 is 10.4. The molecule has 5 nitrogen and oxygen atoms in total. The molecule has 0 aliphatic carbocycles. The molecule has 114 valence electrons. The Morgan fingerprint density at radius 1 is 1.24 bits per heavy atom. The van der Waals surface area contributed by atoms with Gasteiger partial charge in [0.2, 0.25) is 0 Å². The third-order valence-corrected chi connectivity index (χ3v) is 4.70. The maximum Gasteiger partial charge on any atom is 0.0920 e. The van der Waals surface area contributed by atoms with Crippen LogP contribution in [-0.2, 0) is 6.54 Å². The Bertz CT molecular complexity index is 626. The van der Waals surface area contributed by atoms with Crippen molar-refractivity contribution < 1.29 is 0 Å². The van der Waals surface area contributed by atoms with E-state index in [0.29, 0.717) is 0 Å². The molecule has 2 heterocycles. The lowest BCUT2D eigenvalue weighted by atomic mass is 10.1. The Balaban J connectivity index is 2.34. The van der Waals surface area contributed by atoms with Crippen molar-refractivity contribution in [3.8, 4) is 0 Å². The Morgan fingerprint density at radius 3 is 2.57 bits per heavy atom. The van der Waals surface area contributed by atoms with Gasteiger partial charge in [-0.3, -0.25) is 9.67 Å². The number of nitrogens with zero attached hydrogens (tertiary/aromatic N) is 4. The van der Waals surface area contributed by atoms with Gasteiger partial charge in [0.05, 0.1) is 34.6 Å². The van der Waals surface area contributed by atoms with E-state index in [0.717, 1.165) is 37.9 Å². The number of hydrogen-bond acceptors (Lipinski definition) is 4. The SMILES string of the molecule is CN(C)CCn1ncc(Br)c1C(N)c1ncc(Br)cc1Br. The van der Waals surface area contributed by atoms with Crippen LogP contribution in [0.25, 0.3) is 0 Å². The van der Waals surface area contributed by atoms with Crippen molar-refractivity contribution in [3.63, 3.8) is 0 Å². The van der Waals surface area contributed by atoms with Crippen molar-refractivity contribution >= 4 is 47.8 Å². The number of halogens is 3. The van der Waals surface area contributed by atoms with Crippen LogP contribution in [0, 0.1) is 0 Å². The molecule has 0 radical (unpaired) electrons. The lowest BCUT2D eigenvalue weighted by Crippen LogP contribution is -2.24. The second kappa shape index (κ2) is 7.32. The van der Waals surface area contributed by atoms with Crippen LogP contribution in [0.1, 0.15) is 17.4 Å². The molecular weight excluding hydrogens is 466 g/mol. The van der Waals surface area contributed by atoms with Gasteiger partial charge in [-0.1, -0.05) is 0 Å². The van der Waals surface area contributed by atoms with Gasteiger partial charge in [0, 0.05) is 21.7 Å². The van der Waals surface area contributed by atoms with Gasteiger partial charge < -0.3 is 10.6 Å². The normalized spacial score (nSPS) is 12.9. The molecule has 2 rings (SSSR count). The molecule has 0 amide bonds. The lowest BCUT2D eigenvalue weighted by molar-refractivity contribution is 0.367.